The van der Waals surface area contributed by atoms with Gasteiger partial charge in [-0.05, 0) is 18.6 Å². The van der Waals surface area contributed by atoms with Gasteiger partial charge in [-0.25, -0.2) is 4.98 Å². The number of aliphatic hydroxyl groups is 1. The number of carbonyl (C=O) groups is 1. The molecule has 1 aliphatic rings. The van der Waals surface area contributed by atoms with Gasteiger partial charge in [0.2, 0.25) is 0 Å². The molecule has 2 atom stereocenters. The number of pyridine rings is 1. The number of hydrogen-bond donors (Lipinski definition) is 2. The summed E-state index contributed by atoms with van der Waals surface area (Å²) in [5.74, 6) is -0.243. The Kier molecular flexibility index (Phi) is 3.10. The van der Waals surface area contributed by atoms with Gasteiger partial charge in [-0.1, -0.05) is 25.4 Å². The Morgan fingerprint density at radius 3 is 2.88 bits per heavy atom. The summed E-state index contributed by atoms with van der Waals surface area (Å²) in [5, 5.41) is 12.7. The number of hydrogen-bond acceptors (Lipinski definition) is 3. The quantitative estimate of drug-likeness (QED) is 0.789. The Hall–Kier alpha value is -1.13. The van der Waals surface area contributed by atoms with Crippen molar-refractivity contribution in [3.8, 4) is 0 Å². The lowest BCUT2D eigenvalue weighted by molar-refractivity contribution is -0.0689. The van der Waals surface area contributed by atoms with E-state index in [1.807, 2.05) is 13.8 Å². The second-order valence-corrected chi connectivity index (χ2v) is 5.30. The average molecular weight is 255 g/mol. The lowest BCUT2D eigenvalue weighted by Crippen LogP contribution is -2.61. The molecule has 0 saturated heterocycles. The van der Waals surface area contributed by atoms with E-state index in [0.717, 1.165) is 0 Å². The third-order valence-electron chi connectivity index (χ3n) is 3.52. The zero-order valence-corrected chi connectivity index (χ0v) is 10.5. The molecule has 1 heterocycles. The van der Waals surface area contributed by atoms with Gasteiger partial charge in [0.1, 0.15) is 5.15 Å². The number of aromatic nitrogens is 1. The molecule has 92 valence electrons. The van der Waals surface area contributed by atoms with Crippen molar-refractivity contribution in [3.63, 3.8) is 0 Å². The number of halogens is 1. The van der Waals surface area contributed by atoms with E-state index in [2.05, 4.69) is 10.3 Å². The molecule has 1 fully saturated rings. The van der Waals surface area contributed by atoms with Crippen molar-refractivity contribution in [1.82, 2.24) is 10.3 Å². The van der Waals surface area contributed by atoms with Gasteiger partial charge in [0.25, 0.3) is 5.91 Å². The molecule has 2 N–H and O–H groups in total. The molecule has 4 nitrogen and oxygen atoms in total. The SMILES string of the molecule is CC1(C)C(O)CC1NC(=O)c1cccnc1Cl. The van der Waals surface area contributed by atoms with Gasteiger partial charge < -0.3 is 10.4 Å². The molecule has 0 aromatic carbocycles. The fourth-order valence-electron chi connectivity index (χ4n) is 1.94. The monoisotopic (exact) mass is 254 g/mol. The van der Waals surface area contributed by atoms with E-state index in [1.165, 1.54) is 6.20 Å². The molecule has 2 unspecified atom stereocenters. The van der Waals surface area contributed by atoms with Crippen LogP contribution in [0.1, 0.15) is 30.6 Å². The van der Waals surface area contributed by atoms with Crippen LogP contribution in [0.15, 0.2) is 18.3 Å². The van der Waals surface area contributed by atoms with Crippen LogP contribution in [0, 0.1) is 5.41 Å². The molecule has 1 aromatic heterocycles. The van der Waals surface area contributed by atoms with E-state index in [9.17, 15) is 9.90 Å². The molecular formula is C12H15ClN2O2. The van der Waals surface area contributed by atoms with Gasteiger partial charge in [-0.15, -0.1) is 0 Å². The van der Waals surface area contributed by atoms with Gasteiger partial charge in [0.15, 0.2) is 0 Å². The van der Waals surface area contributed by atoms with Crippen LogP contribution in [0.5, 0.6) is 0 Å². The van der Waals surface area contributed by atoms with Crippen molar-refractivity contribution in [2.45, 2.75) is 32.4 Å². The number of rotatable bonds is 2. The number of nitrogens with zero attached hydrogens (tertiary/aromatic N) is 1. The topological polar surface area (TPSA) is 62.2 Å². The Morgan fingerprint density at radius 1 is 1.65 bits per heavy atom. The van der Waals surface area contributed by atoms with Gasteiger partial charge in [-0.2, -0.15) is 0 Å². The second kappa shape index (κ2) is 4.27. The highest BCUT2D eigenvalue weighted by molar-refractivity contribution is 6.32. The Labute approximate surface area is 105 Å². The second-order valence-electron chi connectivity index (χ2n) is 4.94. The molecule has 5 heteroatoms. The highest BCUT2D eigenvalue weighted by Gasteiger charge is 2.48. The summed E-state index contributed by atoms with van der Waals surface area (Å²) < 4.78 is 0. The predicted molar refractivity (Wildman–Crippen MR) is 64.9 cm³/mol. The highest BCUT2D eigenvalue weighted by atomic mass is 35.5. The molecular weight excluding hydrogens is 240 g/mol. The number of aliphatic hydroxyl groups excluding tert-OH is 1. The van der Waals surface area contributed by atoms with Crippen LogP contribution in [-0.4, -0.2) is 28.1 Å². The van der Waals surface area contributed by atoms with Gasteiger partial charge in [-0.3, -0.25) is 4.79 Å². The van der Waals surface area contributed by atoms with Crippen molar-refractivity contribution in [2.24, 2.45) is 5.41 Å². The van der Waals surface area contributed by atoms with Gasteiger partial charge in [0.05, 0.1) is 11.7 Å². The smallest absolute Gasteiger partial charge is 0.254 e. The first kappa shape index (κ1) is 12.3. The van der Waals surface area contributed by atoms with Gasteiger partial charge >= 0.3 is 0 Å². The van der Waals surface area contributed by atoms with E-state index < -0.39 is 0 Å². The van der Waals surface area contributed by atoms with Crippen LogP contribution < -0.4 is 5.32 Å². The normalized spacial score (nSPS) is 26.1. The molecule has 1 aliphatic carbocycles. The first-order chi connectivity index (χ1) is 7.93. The van der Waals surface area contributed by atoms with Crippen LogP contribution in [-0.2, 0) is 0 Å². The Balaban J connectivity index is 2.07. The Morgan fingerprint density at radius 2 is 2.35 bits per heavy atom. The van der Waals surface area contributed by atoms with Crippen LogP contribution >= 0.6 is 11.6 Å². The summed E-state index contributed by atoms with van der Waals surface area (Å²) in [6, 6.07) is 3.27. The number of nitrogens with one attached hydrogen (secondary N) is 1. The summed E-state index contributed by atoms with van der Waals surface area (Å²) >= 11 is 5.84. The molecule has 1 amide bonds. The molecule has 0 aliphatic heterocycles. The Bertz CT molecular complexity index is 448. The van der Waals surface area contributed by atoms with E-state index in [0.29, 0.717) is 12.0 Å². The fourth-order valence-corrected chi connectivity index (χ4v) is 2.14. The molecule has 0 radical (unpaired) electrons. The summed E-state index contributed by atoms with van der Waals surface area (Å²) in [7, 11) is 0. The number of amides is 1. The zero-order chi connectivity index (χ0) is 12.6. The molecule has 17 heavy (non-hydrogen) atoms. The molecule has 1 saturated carbocycles. The summed E-state index contributed by atoms with van der Waals surface area (Å²) in [6.07, 6.45) is 1.75. The molecule has 1 aromatic rings. The van der Waals surface area contributed by atoms with Crippen molar-refractivity contribution < 1.29 is 9.90 Å². The average Bonchev–Trinajstić information content (AvgIpc) is 2.29. The minimum absolute atomic E-state index is 0.0266. The van der Waals surface area contributed by atoms with Crippen molar-refractivity contribution in [1.29, 1.82) is 0 Å². The highest BCUT2D eigenvalue weighted by Crippen LogP contribution is 2.40. The van der Waals surface area contributed by atoms with Crippen LogP contribution in [0.25, 0.3) is 0 Å². The minimum atomic E-state index is -0.364. The maximum atomic E-state index is 11.9. The first-order valence-electron chi connectivity index (χ1n) is 5.52. The van der Waals surface area contributed by atoms with Crippen molar-refractivity contribution >= 4 is 17.5 Å². The third-order valence-corrected chi connectivity index (χ3v) is 3.83. The maximum absolute atomic E-state index is 11.9. The first-order valence-corrected chi connectivity index (χ1v) is 5.90. The molecule has 0 spiro atoms. The van der Waals surface area contributed by atoms with Crippen LogP contribution in [0.4, 0.5) is 0 Å². The lowest BCUT2D eigenvalue weighted by Gasteiger charge is -2.49. The largest absolute Gasteiger partial charge is 0.392 e. The van der Waals surface area contributed by atoms with Crippen molar-refractivity contribution in [3.05, 3.63) is 29.0 Å². The van der Waals surface area contributed by atoms with E-state index in [1.54, 1.807) is 12.1 Å². The minimum Gasteiger partial charge on any atom is -0.392 e. The summed E-state index contributed by atoms with van der Waals surface area (Å²) in [6.45, 7) is 3.86. The predicted octanol–water partition coefficient (Wildman–Crippen LogP) is 1.62. The van der Waals surface area contributed by atoms with E-state index >= 15 is 0 Å². The van der Waals surface area contributed by atoms with E-state index in [-0.39, 0.29) is 28.6 Å². The molecule has 2 rings (SSSR count). The van der Waals surface area contributed by atoms with Crippen LogP contribution in [0.2, 0.25) is 5.15 Å². The summed E-state index contributed by atoms with van der Waals surface area (Å²) in [5.41, 5.74) is 0.0796. The zero-order valence-electron chi connectivity index (χ0n) is 9.77. The van der Waals surface area contributed by atoms with Gasteiger partial charge in [0, 0.05) is 17.7 Å². The van der Waals surface area contributed by atoms with Crippen LogP contribution in [0.3, 0.4) is 0 Å². The standard InChI is InChI=1S/C12H15ClN2O2/c1-12(2)8(6-9(12)16)15-11(17)7-4-3-5-14-10(7)13/h3-5,8-9,16H,6H2,1-2H3,(H,15,17). The molecule has 0 bridgehead atoms. The maximum Gasteiger partial charge on any atom is 0.254 e. The summed E-state index contributed by atoms with van der Waals surface area (Å²) in [4.78, 5) is 15.8. The van der Waals surface area contributed by atoms with E-state index in [4.69, 9.17) is 11.6 Å². The van der Waals surface area contributed by atoms with Crippen molar-refractivity contribution in [2.75, 3.05) is 0 Å². The lowest BCUT2D eigenvalue weighted by atomic mass is 9.64. The third kappa shape index (κ3) is 2.15. The number of carbonyl (C=O) groups excluding carboxylic acids is 1. The fraction of sp³-hybridized carbons (Fsp3) is 0.500.